The minimum atomic E-state index is 0.409. The van der Waals surface area contributed by atoms with E-state index in [9.17, 15) is 0 Å². The number of hydrogen-bond acceptors (Lipinski definition) is 6. The van der Waals surface area contributed by atoms with Gasteiger partial charge in [0.2, 0.25) is 5.95 Å². The molecule has 4 N–H and O–H groups in total. The fourth-order valence-corrected chi connectivity index (χ4v) is 2.86. The summed E-state index contributed by atoms with van der Waals surface area (Å²) in [5.41, 5.74) is 5.95. The van der Waals surface area contributed by atoms with Crippen LogP contribution in [0.4, 0.5) is 17.5 Å². The maximum Gasteiger partial charge on any atom is 0.240 e. The second-order valence-electron chi connectivity index (χ2n) is 4.62. The van der Waals surface area contributed by atoms with Gasteiger partial charge in [0.05, 0.1) is 5.39 Å². The van der Waals surface area contributed by atoms with Crippen LogP contribution < -0.4 is 16.6 Å². The number of rotatable bonds is 3. The van der Waals surface area contributed by atoms with Crippen molar-refractivity contribution in [3.05, 3.63) is 40.8 Å². The van der Waals surface area contributed by atoms with E-state index >= 15 is 0 Å². The zero-order chi connectivity index (χ0) is 14.1. The molecule has 2 heterocycles. The molecule has 0 amide bonds. The molecule has 0 fully saturated rings. The summed E-state index contributed by atoms with van der Waals surface area (Å²) < 4.78 is 0. The Hall–Kier alpha value is -2.18. The summed E-state index contributed by atoms with van der Waals surface area (Å²) in [4.78, 5) is 9.63. The number of anilines is 3. The van der Waals surface area contributed by atoms with Gasteiger partial charge in [-0.15, -0.1) is 11.3 Å². The number of nitrogens with zero attached hydrogens (tertiary/aromatic N) is 2. The molecule has 2 aromatic heterocycles. The fourth-order valence-electron chi connectivity index (χ4n) is 2.10. The van der Waals surface area contributed by atoms with Crippen LogP contribution in [0.2, 0.25) is 0 Å². The van der Waals surface area contributed by atoms with Gasteiger partial charge in [0.1, 0.15) is 10.6 Å². The first kappa shape index (κ1) is 12.8. The monoisotopic (exact) mass is 285 g/mol. The van der Waals surface area contributed by atoms with Crippen LogP contribution in [0, 0.1) is 13.8 Å². The predicted molar refractivity (Wildman–Crippen MR) is 84.4 cm³/mol. The normalized spacial score (nSPS) is 10.8. The molecule has 0 aliphatic heterocycles. The largest absolute Gasteiger partial charge is 0.339 e. The molecule has 1 aromatic carbocycles. The minimum absolute atomic E-state index is 0.409. The van der Waals surface area contributed by atoms with Gasteiger partial charge in [-0.1, -0.05) is 17.7 Å². The van der Waals surface area contributed by atoms with Gasteiger partial charge >= 0.3 is 0 Å². The summed E-state index contributed by atoms with van der Waals surface area (Å²) >= 11 is 1.56. The minimum Gasteiger partial charge on any atom is -0.339 e. The number of nitrogens with one attached hydrogen (secondary N) is 2. The second-order valence-corrected chi connectivity index (χ2v) is 5.52. The van der Waals surface area contributed by atoms with Gasteiger partial charge in [-0.3, -0.25) is 5.43 Å². The lowest BCUT2D eigenvalue weighted by molar-refractivity contribution is 1.16. The molecule has 0 aliphatic rings. The third kappa shape index (κ3) is 2.31. The van der Waals surface area contributed by atoms with Crippen LogP contribution in [0.25, 0.3) is 10.2 Å². The lowest BCUT2D eigenvalue weighted by Crippen LogP contribution is -2.11. The van der Waals surface area contributed by atoms with Gasteiger partial charge in [0.15, 0.2) is 0 Å². The Balaban J connectivity index is 2.07. The zero-order valence-electron chi connectivity index (χ0n) is 11.3. The molecular formula is C14H15N5S. The van der Waals surface area contributed by atoms with Gasteiger partial charge in [0.25, 0.3) is 0 Å². The van der Waals surface area contributed by atoms with Crippen molar-refractivity contribution < 1.29 is 0 Å². The zero-order valence-corrected chi connectivity index (χ0v) is 12.1. The third-order valence-electron chi connectivity index (χ3n) is 3.09. The lowest BCUT2D eigenvalue weighted by Gasteiger charge is -2.11. The van der Waals surface area contributed by atoms with Gasteiger partial charge in [-0.05, 0) is 36.9 Å². The maximum atomic E-state index is 5.42. The summed E-state index contributed by atoms with van der Waals surface area (Å²) in [5, 5.41) is 6.35. The molecule has 0 spiro atoms. The molecule has 5 nitrogen and oxygen atoms in total. The van der Waals surface area contributed by atoms with Gasteiger partial charge in [-0.25, -0.2) is 10.8 Å². The standard InChI is InChI=1S/C14H15N5S/c1-8-3-4-11(9(2)7-8)16-12-10-5-6-20-13(10)18-14(17-12)19-15/h3-7H,15H2,1-2H3,(H2,16,17,18,19). The first-order valence-corrected chi connectivity index (χ1v) is 7.11. The molecule has 3 aromatic rings. The summed E-state index contributed by atoms with van der Waals surface area (Å²) in [6.07, 6.45) is 0. The number of aromatic nitrogens is 2. The number of hydrogen-bond donors (Lipinski definition) is 3. The van der Waals surface area contributed by atoms with Crippen molar-refractivity contribution in [1.82, 2.24) is 9.97 Å². The van der Waals surface area contributed by atoms with Crippen LogP contribution >= 0.6 is 11.3 Å². The lowest BCUT2D eigenvalue weighted by atomic mass is 10.1. The first-order valence-electron chi connectivity index (χ1n) is 6.23. The predicted octanol–water partition coefficient (Wildman–Crippen LogP) is 3.34. The van der Waals surface area contributed by atoms with E-state index in [4.69, 9.17) is 5.84 Å². The molecule has 0 bridgehead atoms. The Morgan fingerprint density at radius 2 is 2.00 bits per heavy atom. The molecule has 3 rings (SSSR count). The van der Waals surface area contributed by atoms with Crippen LogP contribution in [0.1, 0.15) is 11.1 Å². The summed E-state index contributed by atoms with van der Waals surface area (Å²) in [6.45, 7) is 4.15. The van der Waals surface area contributed by atoms with E-state index in [1.165, 1.54) is 11.1 Å². The second kappa shape index (κ2) is 5.07. The number of hydrazine groups is 1. The fraction of sp³-hybridized carbons (Fsp3) is 0.143. The number of thiophene rings is 1. The number of fused-ring (bicyclic) bond motifs is 1. The molecule has 0 saturated heterocycles. The third-order valence-corrected chi connectivity index (χ3v) is 3.90. The van der Waals surface area contributed by atoms with Crippen molar-refractivity contribution in [1.29, 1.82) is 0 Å². The van der Waals surface area contributed by atoms with E-state index in [0.29, 0.717) is 5.95 Å². The average molecular weight is 285 g/mol. The maximum absolute atomic E-state index is 5.42. The highest BCUT2D eigenvalue weighted by atomic mass is 32.1. The van der Waals surface area contributed by atoms with Crippen molar-refractivity contribution >= 4 is 39.0 Å². The van der Waals surface area contributed by atoms with Crippen molar-refractivity contribution in [2.24, 2.45) is 5.84 Å². The van der Waals surface area contributed by atoms with Crippen molar-refractivity contribution in [2.45, 2.75) is 13.8 Å². The summed E-state index contributed by atoms with van der Waals surface area (Å²) in [5.74, 6) is 6.59. The summed E-state index contributed by atoms with van der Waals surface area (Å²) in [6, 6.07) is 8.27. The quantitative estimate of drug-likeness (QED) is 0.508. The van der Waals surface area contributed by atoms with Crippen LogP contribution in [0.15, 0.2) is 29.6 Å². The molecule has 0 unspecified atom stereocenters. The Labute approximate surface area is 120 Å². The van der Waals surface area contributed by atoms with Crippen LogP contribution in [-0.4, -0.2) is 9.97 Å². The highest BCUT2D eigenvalue weighted by molar-refractivity contribution is 7.16. The first-order chi connectivity index (χ1) is 9.67. The Morgan fingerprint density at radius 3 is 2.75 bits per heavy atom. The molecule has 0 radical (unpaired) electrons. The van der Waals surface area contributed by atoms with E-state index < -0.39 is 0 Å². The van der Waals surface area contributed by atoms with Crippen molar-refractivity contribution in [3.63, 3.8) is 0 Å². The average Bonchev–Trinajstić information content (AvgIpc) is 2.90. The van der Waals surface area contributed by atoms with Gasteiger partial charge in [-0.2, -0.15) is 4.98 Å². The van der Waals surface area contributed by atoms with Gasteiger partial charge in [0, 0.05) is 5.69 Å². The molecule has 6 heteroatoms. The van der Waals surface area contributed by atoms with E-state index in [1.54, 1.807) is 11.3 Å². The van der Waals surface area contributed by atoms with E-state index in [0.717, 1.165) is 21.7 Å². The van der Waals surface area contributed by atoms with E-state index in [1.807, 2.05) is 11.4 Å². The summed E-state index contributed by atoms with van der Waals surface area (Å²) in [7, 11) is 0. The topological polar surface area (TPSA) is 75.9 Å². The van der Waals surface area contributed by atoms with E-state index in [2.05, 4.69) is 52.8 Å². The number of benzene rings is 1. The highest BCUT2D eigenvalue weighted by Gasteiger charge is 2.09. The molecule has 0 saturated carbocycles. The number of nitrogen functional groups attached to an aromatic ring is 1. The van der Waals surface area contributed by atoms with E-state index in [-0.39, 0.29) is 0 Å². The van der Waals surface area contributed by atoms with Crippen LogP contribution in [0.3, 0.4) is 0 Å². The SMILES string of the molecule is Cc1ccc(Nc2nc(NN)nc3sccc23)c(C)c1. The molecule has 0 aliphatic carbocycles. The Bertz CT molecular complexity index is 765. The molecule has 0 atom stereocenters. The smallest absolute Gasteiger partial charge is 0.240 e. The molecule has 102 valence electrons. The molecule has 20 heavy (non-hydrogen) atoms. The Kier molecular flexibility index (Phi) is 3.25. The van der Waals surface area contributed by atoms with Crippen LogP contribution in [-0.2, 0) is 0 Å². The van der Waals surface area contributed by atoms with Crippen molar-refractivity contribution in [3.8, 4) is 0 Å². The van der Waals surface area contributed by atoms with Gasteiger partial charge < -0.3 is 5.32 Å². The highest BCUT2D eigenvalue weighted by Crippen LogP contribution is 2.29. The number of aryl methyl sites for hydroxylation is 2. The Morgan fingerprint density at radius 1 is 1.15 bits per heavy atom. The number of nitrogens with two attached hydrogens (primary N) is 1. The van der Waals surface area contributed by atoms with Crippen molar-refractivity contribution in [2.75, 3.05) is 10.7 Å². The van der Waals surface area contributed by atoms with Crippen LogP contribution in [0.5, 0.6) is 0 Å². The molecular weight excluding hydrogens is 270 g/mol.